The Labute approximate surface area is 152 Å². The van der Waals surface area contributed by atoms with Crippen LogP contribution in [0.4, 0.5) is 22.7 Å². The van der Waals surface area contributed by atoms with Gasteiger partial charge in [-0.05, 0) is 60.7 Å². The van der Waals surface area contributed by atoms with E-state index < -0.39 is 0 Å². The van der Waals surface area contributed by atoms with Crippen molar-refractivity contribution < 1.29 is 9.90 Å². The lowest BCUT2D eigenvalue weighted by Gasteiger charge is -2.10. The van der Waals surface area contributed by atoms with Crippen LogP contribution in [0.2, 0.25) is 0 Å². The summed E-state index contributed by atoms with van der Waals surface area (Å²) in [6.45, 7) is 0.385. The maximum Gasteiger partial charge on any atom is 0.272 e. The monoisotopic (exact) mass is 350 g/mol. The zero-order valence-corrected chi connectivity index (χ0v) is 14.6. The molecule has 6 nitrogen and oxygen atoms in total. The third-order valence-corrected chi connectivity index (χ3v) is 4.01. The fraction of sp³-hybridized carbons (Fsp3) is 0.150. The van der Waals surface area contributed by atoms with Gasteiger partial charge in [0, 0.05) is 42.5 Å². The van der Waals surface area contributed by atoms with Gasteiger partial charge in [-0.25, -0.2) is 0 Å². The van der Waals surface area contributed by atoms with E-state index in [-0.39, 0.29) is 12.5 Å². The number of carbonyl (C=O) groups is 1. The fourth-order valence-corrected chi connectivity index (χ4v) is 2.64. The summed E-state index contributed by atoms with van der Waals surface area (Å²) in [5, 5.41) is 18.3. The number of aromatic nitrogens is 1. The molecule has 2 aromatic carbocycles. The van der Waals surface area contributed by atoms with Crippen LogP contribution < -0.4 is 16.0 Å². The minimum Gasteiger partial charge on any atom is -0.395 e. The molecule has 0 saturated heterocycles. The van der Waals surface area contributed by atoms with Crippen LogP contribution in [0.5, 0.6) is 0 Å². The molecular weight excluding hydrogens is 328 g/mol. The van der Waals surface area contributed by atoms with Gasteiger partial charge in [0.25, 0.3) is 5.91 Å². The van der Waals surface area contributed by atoms with Crippen molar-refractivity contribution in [3.05, 3.63) is 72.6 Å². The Morgan fingerprint density at radius 1 is 0.923 bits per heavy atom. The van der Waals surface area contributed by atoms with Crippen molar-refractivity contribution in [2.45, 2.75) is 6.54 Å². The van der Waals surface area contributed by atoms with Crippen molar-refractivity contribution in [1.29, 1.82) is 0 Å². The predicted octanol–water partition coefficient (Wildman–Crippen LogP) is 3.52. The van der Waals surface area contributed by atoms with Crippen molar-refractivity contribution in [3.8, 4) is 0 Å². The van der Waals surface area contributed by atoms with Gasteiger partial charge in [0.15, 0.2) is 0 Å². The van der Waals surface area contributed by atoms with E-state index in [9.17, 15) is 4.79 Å². The molecule has 0 bridgehead atoms. The summed E-state index contributed by atoms with van der Waals surface area (Å²) in [6, 6.07) is 19.0. The van der Waals surface area contributed by atoms with E-state index in [2.05, 4.69) is 16.0 Å². The number of aliphatic hydroxyl groups is 1. The van der Waals surface area contributed by atoms with Gasteiger partial charge in [0.1, 0.15) is 5.69 Å². The van der Waals surface area contributed by atoms with E-state index in [1.165, 1.54) is 0 Å². The van der Waals surface area contributed by atoms with Crippen LogP contribution >= 0.6 is 0 Å². The number of hydrogen-bond acceptors (Lipinski definition) is 4. The molecule has 0 spiro atoms. The summed E-state index contributed by atoms with van der Waals surface area (Å²) < 4.78 is 1.72. The average Bonchev–Trinajstić information content (AvgIpc) is 3.13. The fourth-order valence-electron chi connectivity index (χ4n) is 2.64. The highest BCUT2D eigenvalue weighted by atomic mass is 16.3. The minimum absolute atomic E-state index is 0.00930. The van der Waals surface area contributed by atoms with Crippen LogP contribution in [0.15, 0.2) is 66.9 Å². The maximum absolute atomic E-state index is 12.4. The lowest BCUT2D eigenvalue weighted by molar-refractivity contribution is 0.101. The minimum atomic E-state index is -0.202. The Morgan fingerprint density at radius 3 is 2.08 bits per heavy atom. The lowest BCUT2D eigenvalue weighted by atomic mass is 10.2. The number of anilines is 4. The molecule has 1 aromatic heterocycles. The van der Waals surface area contributed by atoms with Crippen molar-refractivity contribution in [1.82, 2.24) is 4.57 Å². The first-order valence-corrected chi connectivity index (χ1v) is 8.42. The highest BCUT2D eigenvalue weighted by molar-refractivity contribution is 6.03. The van der Waals surface area contributed by atoms with Crippen molar-refractivity contribution >= 4 is 28.7 Å². The number of amides is 1. The van der Waals surface area contributed by atoms with Gasteiger partial charge in [-0.3, -0.25) is 4.79 Å². The molecular formula is C20H22N4O2. The van der Waals surface area contributed by atoms with Crippen LogP contribution in [0.3, 0.4) is 0 Å². The van der Waals surface area contributed by atoms with E-state index in [0.717, 1.165) is 17.1 Å². The van der Waals surface area contributed by atoms with E-state index in [1.807, 2.05) is 55.6 Å². The lowest BCUT2D eigenvalue weighted by Crippen LogP contribution is -2.17. The third-order valence-electron chi connectivity index (χ3n) is 4.01. The second kappa shape index (κ2) is 8.22. The van der Waals surface area contributed by atoms with Crippen LogP contribution in [0.1, 0.15) is 10.5 Å². The average molecular weight is 350 g/mol. The topological polar surface area (TPSA) is 78.3 Å². The molecule has 4 N–H and O–H groups in total. The molecule has 3 aromatic rings. The second-order valence-corrected chi connectivity index (χ2v) is 5.79. The van der Waals surface area contributed by atoms with Crippen LogP contribution in [0, 0.1) is 0 Å². The van der Waals surface area contributed by atoms with Gasteiger partial charge in [-0.1, -0.05) is 0 Å². The number of aliphatic hydroxyl groups excluding tert-OH is 1. The van der Waals surface area contributed by atoms with Gasteiger partial charge in [-0.2, -0.15) is 0 Å². The number of benzene rings is 2. The first kappa shape index (κ1) is 17.6. The maximum atomic E-state index is 12.4. The van der Waals surface area contributed by atoms with Gasteiger partial charge >= 0.3 is 0 Å². The number of nitrogens with one attached hydrogen (secondary N) is 3. The van der Waals surface area contributed by atoms with Gasteiger partial charge in [0.05, 0.1) is 6.61 Å². The summed E-state index contributed by atoms with van der Waals surface area (Å²) in [6.07, 6.45) is 1.78. The van der Waals surface area contributed by atoms with Crippen LogP contribution in [0.25, 0.3) is 0 Å². The Kier molecular flexibility index (Phi) is 5.56. The summed E-state index contributed by atoms with van der Waals surface area (Å²) in [7, 11) is 1.89. The first-order valence-electron chi connectivity index (χ1n) is 8.42. The van der Waals surface area contributed by atoms with Crippen LogP contribution in [-0.2, 0) is 6.54 Å². The molecule has 134 valence electrons. The number of carbonyl (C=O) groups excluding carboxylic acids is 1. The molecule has 3 rings (SSSR count). The Morgan fingerprint density at radius 2 is 1.50 bits per heavy atom. The second-order valence-electron chi connectivity index (χ2n) is 5.79. The van der Waals surface area contributed by atoms with Gasteiger partial charge in [0.2, 0.25) is 0 Å². The molecule has 1 heterocycles. The smallest absolute Gasteiger partial charge is 0.272 e. The Bertz CT molecular complexity index is 854. The first-order chi connectivity index (χ1) is 12.7. The quantitative estimate of drug-likeness (QED) is 0.526. The van der Waals surface area contributed by atoms with Gasteiger partial charge < -0.3 is 25.6 Å². The highest BCUT2D eigenvalue weighted by Gasteiger charge is 2.10. The molecule has 0 aliphatic rings. The van der Waals surface area contributed by atoms with Crippen LogP contribution in [-0.4, -0.2) is 29.2 Å². The zero-order valence-electron chi connectivity index (χ0n) is 14.6. The molecule has 0 aliphatic heterocycles. The Hall–Kier alpha value is -3.25. The molecule has 0 atom stereocenters. The van der Waals surface area contributed by atoms with Crippen molar-refractivity contribution in [3.63, 3.8) is 0 Å². The molecule has 6 heteroatoms. The van der Waals surface area contributed by atoms with Gasteiger partial charge in [-0.15, -0.1) is 0 Å². The largest absolute Gasteiger partial charge is 0.395 e. The molecule has 0 radical (unpaired) electrons. The predicted molar refractivity (Wildman–Crippen MR) is 105 cm³/mol. The molecule has 1 amide bonds. The standard InChI is InChI=1S/C20H22N4O2/c1-21-15-4-6-16(7-5-15)22-17-8-10-18(11-9-17)23-20(26)19-3-2-12-24(19)13-14-25/h2-12,21-22,25H,13-14H2,1H3,(H,23,26). The normalized spacial score (nSPS) is 10.4. The van der Waals surface area contributed by atoms with E-state index in [1.54, 1.807) is 22.9 Å². The number of nitrogens with zero attached hydrogens (tertiary/aromatic N) is 1. The van der Waals surface area contributed by atoms with Crippen molar-refractivity contribution in [2.24, 2.45) is 0 Å². The SMILES string of the molecule is CNc1ccc(Nc2ccc(NC(=O)c3cccn3CCO)cc2)cc1. The zero-order chi connectivity index (χ0) is 18.4. The van der Waals surface area contributed by atoms with Crippen molar-refractivity contribution in [2.75, 3.05) is 29.6 Å². The third kappa shape index (κ3) is 4.23. The summed E-state index contributed by atoms with van der Waals surface area (Å²) >= 11 is 0. The molecule has 0 fully saturated rings. The van der Waals surface area contributed by atoms with E-state index in [4.69, 9.17) is 5.11 Å². The Balaban J connectivity index is 1.63. The summed E-state index contributed by atoms with van der Waals surface area (Å²) in [5.74, 6) is -0.202. The molecule has 0 saturated carbocycles. The highest BCUT2D eigenvalue weighted by Crippen LogP contribution is 2.21. The summed E-state index contributed by atoms with van der Waals surface area (Å²) in [5.41, 5.74) is 4.21. The van der Waals surface area contributed by atoms with E-state index in [0.29, 0.717) is 17.9 Å². The summed E-state index contributed by atoms with van der Waals surface area (Å²) in [4.78, 5) is 12.4. The number of hydrogen-bond donors (Lipinski definition) is 4. The molecule has 0 aliphatic carbocycles. The molecule has 0 unspecified atom stereocenters. The number of rotatable bonds is 7. The molecule has 26 heavy (non-hydrogen) atoms. The van der Waals surface area contributed by atoms with E-state index >= 15 is 0 Å².